The van der Waals surface area contributed by atoms with E-state index in [1.165, 1.54) is 7.11 Å². The average Bonchev–Trinajstić information content (AvgIpc) is 1.99. The summed E-state index contributed by atoms with van der Waals surface area (Å²) in [7, 11) is 1.20. The molecule has 0 heterocycles. The van der Waals surface area contributed by atoms with Crippen molar-refractivity contribution in [1.29, 1.82) is 0 Å². The van der Waals surface area contributed by atoms with Gasteiger partial charge in [-0.3, -0.25) is 4.79 Å². The van der Waals surface area contributed by atoms with Crippen LogP contribution < -0.4 is 0 Å². The molecule has 0 atom stereocenters. The quantitative estimate of drug-likeness (QED) is 0.578. The molecule has 0 radical (unpaired) electrons. The molecule has 0 aliphatic rings. The van der Waals surface area contributed by atoms with Crippen molar-refractivity contribution in [1.82, 2.24) is 0 Å². The minimum absolute atomic E-state index is 0.111. The molecule has 0 spiro atoms. The number of carbonyl (C=O) groups is 2. The lowest BCUT2D eigenvalue weighted by molar-refractivity contribution is -0.125. The van der Waals surface area contributed by atoms with E-state index in [0.29, 0.717) is 0 Å². The summed E-state index contributed by atoms with van der Waals surface area (Å²) in [4.78, 5) is 21.2. The van der Waals surface area contributed by atoms with Crippen molar-refractivity contribution < 1.29 is 19.1 Å². The van der Waals surface area contributed by atoms with Gasteiger partial charge < -0.3 is 9.47 Å². The molecule has 0 amide bonds. The van der Waals surface area contributed by atoms with Gasteiger partial charge in [-0.05, 0) is 0 Å². The fourth-order valence-electron chi connectivity index (χ4n) is 0.356. The van der Waals surface area contributed by atoms with Crippen LogP contribution >= 0.6 is 0 Å². The number of ether oxygens (including phenoxy) is 2. The first-order valence-corrected chi connectivity index (χ1v) is 3.31. The standard InChI is InChI=1S/C7H12O4/c1-5(2)6(8)4-11-7(9)10-3/h5H,4H2,1-3H3. The van der Waals surface area contributed by atoms with E-state index < -0.39 is 6.16 Å². The monoisotopic (exact) mass is 160 g/mol. The Kier molecular flexibility index (Phi) is 4.26. The maximum Gasteiger partial charge on any atom is 0.508 e. The molecular weight excluding hydrogens is 148 g/mol. The van der Waals surface area contributed by atoms with Crippen LogP contribution in [0.25, 0.3) is 0 Å². The summed E-state index contributed by atoms with van der Waals surface area (Å²) >= 11 is 0. The number of ketones is 1. The molecule has 0 N–H and O–H groups in total. The van der Waals surface area contributed by atoms with E-state index in [1.807, 2.05) is 0 Å². The third-order valence-corrected chi connectivity index (χ3v) is 1.14. The summed E-state index contributed by atoms with van der Waals surface area (Å²) < 4.78 is 8.57. The van der Waals surface area contributed by atoms with Gasteiger partial charge >= 0.3 is 6.16 Å². The van der Waals surface area contributed by atoms with Crippen molar-refractivity contribution in [3.63, 3.8) is 0 Å². The topological polar surface area (TPSA) is 52.6 Å². The minimum atomic E-state index is -0.820. The minimum Gasteiger partial charge on any atom is -0.438 e. The zero-order valence-corrected chi connectivity index (χ0v) is 6.92. The largest absolute Gasteiger partial charge is 0.508 e. The smallest absolute Gasteiger partial charge is 0.438 e. The Labute approximate surface area is 65.5 Å². The molecular formula is C7H12O4. The second-order valence-corrected chi connectivity index (χ2v) is 2.36. The van der Waals surface area contributed by atoms with Gasteiger partial charge in [0, 0.05) is 5.92 Å². The Morgan fingerprint density at radius 2 is 1.91 bits per heavy atom. The van der Waals surface area contributed by atoms with Gasteiger partial charge in [0.25, 0.3) is 0 Å². The Morgan fingerprint density at radius 1 is 1.36 bits per heavy atom. The van der Waals surface area contributed by atoms with Crippen molar-refractivity contribution in [3.05, 3.63) is 0 Å². The molecule has 0 aliphatic heterocycles. The van der Waals surface area contributed by atoms with Crippen molar-refractivity contribution in [2.24, 2.45) is 5.92 Å². The van der Waals surface area contributed by atoms with Crippen molar-refractivity contribution in [2.45, 2.75) is 13.8 Å². The van der Waals surface area contributed by atoms with Gasteiger partial charge in [0.05, 0.1) is 7.11 Å². The highest BCUT2D eigenvalue weighted by molar-refractivity contribution is 5.82. The molecule has 0 aliphatic carbocycles. The van der Waals surface area contributed by atoms with Crippen LogP contribution in [-0.2, 0) is 14.3 Å². The zero-order chi connectivity index (χ0) is 8.85. The third-order valence-electron chi connectivity index (χ3n) is 1.14. The lowest BCUT2D eigenvalue weighted by atomic mass is 10.1. The SMILES string of the molecule is COC(=O)OCC(=O)C(C)C. The van der Waals surface area contributed by atoms with Gasteiger partial charge in [-0.25, -0.2) is 4.79 Å². The van der Waals surface area contributed by atoms with Gasteiger partial charge in [0.1, 0.15) is 0 Å². The first-order valence-electron chi connectivity index (χ1n) is 3.31. The predicted octanol–water partition coefficient (Wildman–Crippen LogP) is 0.994. The third kappa shape index (κ3) is 4.36. The first kappa shape index (κ1) is 9.94. The molecule has 0 aromatic rings. The normalized spacial score (nSPS) is 9.45. The van der Waals surface area contributed by atoms with E-state index in [9.17, 15) is 9.59 Å². The molecule has 4 nitrogen and oxygen atoms in total. The summed E-state index contributed by atoms with van der Waals surface area (Å²) in [5, 5.41) is 0. The van der Waals surface area contributed by atoms with Crippen molar-refractivity contribution in [3.8, 4) is 0 Å². The van der Waals surface area contributed by atoms with Crippen LogP contribution in [0.4, 0.5) is 4.79 Å². The molecule has 0 saturated heterocycles. The maximum absolute atomic E-state index is 10.8. The highest BCUT2D eigenvalue weighted by Gasteiger charge is 2.09. The van der Waals surface area contributed by atoms with Crippen LogP contribution in [0.2, 0.25) is 0 Å². The lowest BCUT2D eigenvalue weighted by Crippen LogP contribution is -2.17. The van der Waals surface area contributed by atoms with Gasteiger partial charge in [-0.15, -0.1) is 0 Å². The predicted molar refractivity (Wildman–Crippen MR) is 38.2 cm³/mol. The molecule has 0 aromatic carbocycles. The molecule has 11 heavy (non-hydrogen) atoms. The zero-order valence-electron chi connectivity index (χ0n) is 6.92. The first-order chi connectivity index (χ1) is 5.07. The summed E-state index contributed by atoms with van der Waals surface area (Å²) in [5.41, 5.74) is 0. The van der Waals surface area contributed by atoms with E-state index in [2.05, 4.69) is 9.47 Å². The Hall–Kier alpha value is -1.06. The second kappa shape index (κ2) is 4.71. The number of hydrogen-bond acceptors (Lipinski definition) is 4. The highest BCUT2D eigenvalue weighted by Crippen LogP contribution is 1.95. The van der Waals surface area contributed by atoms with Crippen molar-refractivity contribution in [2.75, 3.05) is 13.7 Å². The number of hydrogen-bond donors (Lipinski definition) is 0. The van der Waals surface area contributed by atoms with Gasteiger partial charge in [-0.1, -0.05) is 13.8 Å². The Bertz CT molecular complexity index is 151. The number of methoxy groups -OCH3 is 1. The molecule has 0 saturated carbocycles. The second-order valence-electron chi connectivity index (χ2n) is 2.36. The molecule has 64 valence electrons. The van der Waals surface area contributed by atoms with Crippen molar-refractivity contribution >= 4 is 11.9 Å². The van der Waals surface area contributed by atoms with E-state index in [1.54, 1.807) is 13.8 Å². The summed E-state index contributed by atoms with van der Waals surface area (Å²) in [5.74, 6) is -0.227. The van der Waals surface area contributed by atoms with E-state index in [0.717, 1.165) is 0 Å². The summed E-state index contributed by atoms with van der Waals surface area (Å²) in [6.45, 7) is 3.27. The van der Waals surface area contributed by atoms with E-state index >= 15 is 0 Å². The Morgan fingerprint density at radius 3 is 2.27 bits per heavy atom. The average molecular weight is 160 g/mol. The molecule has 0 aromatic heterocycles. The van der Waals surface area contributed by atoms with Crippen LogP contribution in [0, 0.1) is 5.92 Å². The fraction of sp³-hybridized carbons (Fsp3) is 0.714. The van der Waals surface area contributed by atoms with Gasteiger partial charge in [-0.2, -0.15) is 0 Å². The van der Waals surface area contributed by atoms with Crippen LogP contribution in [0.1, 0.15) is 13.8 Å². The fourth-order valence-corrected chi connectivity index (χ4v) is 0.356. The van der Waals surface area contributed by atoms with E-state index in [-0.39, 0.29) is 18.3 Å². The molecule has 0 bridgehead atoms. The number of rotatable bonds is 3. The lowest BCUT2D eigenvalue weighted by Gasteiger charge is -2.03. The molecule has 0 fully saturated rings. The molecule has 0 unspecified atom stereocenters. The van der Waals surface area contributed by atoms with Gasteiger partial charge in [0.15, 0.2) is 12.4 Å². The summed E-state index contributed by atoms with van der Waals surface area (Å²) in [6, 6.07) is 0. The Balaban J connectivity index is 3.54. The summed E-state index contributed by atoms with van der Waals surface area (Å²) in [6.07, 6.45) is -0.820. The van der Waals surface area contributed by atoms with Gasteiger partial charge in [0.2, 0.25) is 0 Å². The van der Waals surface area contributed by atoms with E-state index in [4.69, 9.17) is 0 Å². The van der Waals surface area contributed by atoms with Crippen LogP contribution in [0.3, 0.4) is 0 Å². The number of carbonyl (C=O) groups excluding carboxylic acids is 2. The van der Waals surface area contributed by atoms with Crippen LogP contribution in [0.15, 0.2) is 0 Å². The molecule has 0 rings (SSSR count). The van der Waals surface area contributed by atoms with Crippen LogP contribution in [0.5, 0.6) is 0 Å². The van der Waals surface area contributed by atoms with Crippen LogP contribution in [-0.4, -0.2) is 25.7 Å². The number of Topliss-reactive ketones (excluding diaryl/α,β-unsaturated/α-hetero) is 1. The maximum atomic E-state index is 10.8. The highest BCUT2D eigenvalue weighted by atomic mass is 16.7. The molecule has 4 heteroatoms.